The van der Waals surface area contributed by atoms with Gasteiger partial charge in [-0.2, -0.15) is 0 Å². The van der Waals surface area contributed by atoms with Gasteiger partial charge in [-0.15, -0.1) is 0 Å². The van der Waals surface area contributed by atoms with Gasteiger partial charge < -0.3 is 10.6 Å². The number of nitrogens with zero attached hydrogens (tertiary/aromatic N) is 1. The van der Waals surface area contributed by atoms with Gasteiger partial charge in [-0.05, 0) is 35.4 Å². The molecule has 0 unspecified atom stereocenters. The molecule has 3 rings (SSSR count). The van der Waals surface area contributed by atoms with E-state index in [1.54, 1.807) is 18.3 Å². The molecule has 2 aromatic carbocycles. The van der Waals surface area contributed by atoms with Crippen LogP contribution < -0.4 is 10.6 Å². The van der Waals surface area contributed by atoms with E-state index in [2.05, 4.69) is 15.6 Å². The number of carbonyl (C=O) groups is 2. The van der Waals surface area contributed by atoms with Crippen LogP contribution in [0.2, 0.25) is 0 Å². The quantitative estimate of drug-likeness (QED) is 0.721. The topological polar surface area (TPSA) is 71.1 Å². The highest BCUT2D eigenvalue weighted by atomic mass is 16.2. The van der Waals surface area contributed by atoms with Crippen molar-refractivity contribution in [3.8, 4) is 0 Å². The van der Waals surface area contributed by atoms with Crippen molar-refractivity contribution in [1.29, 1.82) is 0 Å². The van der Waals surface area contributed by atoms with Crippen LogP contribution in [-0.2, 0) is 17.8 Å². The van der Waals surface area contributed by atoms with Crippen LogP contribution in [0.15, 0.2) is 79.1 Å². The molecule has 1 aromatic heterocycles. The summed E-state index contributed by atoms with van der Waals surface area (Å²) in [5.74, 6) is -0.260. The summed E-state index contributed by atoms with van der Waals surface area (Å²) in [5.41, 5.74) is 3.06. The Bertz CT molecular complexity index is 880. The maximum absolute atomic E-state index is 12.2. The first-order valence-electron chi connectivity index (χ1n) is 8.31. The molecule has 0 bridgehead atoms. The summed E-state index contributed by atoms with van der Waals surface area (Å²) in [6.45, 7) is 0.405. The van der Waals surface area contributed by atoms with Gasteiger partial charge in [-0.1, -0.05) is 42.5 Å². The van der Waals surface area contributed by atoms with E-state index in [-0.39, 0.29) is 11.8 Å². The number of anilines is 1. The monoisotopic (exact) mass is 345 g/mol. The molecule has 0 aliphatic heterocycles. The predicted octanol–water partition coefficient (Wildman–Crippen LogP) is 3.19. The van der Waals surface area contributed by atoms with E-state index in [0.29, 0.717) is 24.2 Å². The van der Waals surface area contributed by atoms with Crippen LogP contribution >= 0.6 is 0 Å². The summed E-state index contributed by atoms with van der Waals surface area (Å²) < 4.78 is 0. The lowest BCUT2D eigenvalue weighted by Crippen LogP contribution is -2.24. The fourth-order valence-electron chi connectivity index (χ4n) is 2.50. The Labute approximate surface area is 152 Å². The van der Waals surface area contributed by atoms with Gasteiger partial charge in [0.1, 0.15) is 0 Å². The zero-order chi connectivity index (χ0) is 18.2. The molecule has 130 valence electrons. The van der Waals surface area contributed by atoms with Crippen LogP contribution in [0.25, 0.3) is 0 Å². The predicted molar refractivity (Wildman–Crippen MR) is 101 cm³/mol. The van der Waals surface area contributed by atoms with Gasteiger partial charge in [-0.3, -0.25) is 14.6 Å². The Hall–Kier alpha value is -3.47. The van der Waals surface area contributed by atoms with E-state index < -0.39 is 0 Å². The molecular weight excluding hydrogens is 326 g/mol. The number of benzene rings is 2. The highest BCUT2D eigenvalue weighted by Gasteiger charge is 2.07. The van der Waals surface area contributed by atoms with Crippen molar-refractivity contribution in [2.45, 2.75) is 13.0 Å². The molecule has 5 nitrogen and oxygen atoms in total. The number of aromatic nitrogens is 1. The van der Waals surface area contributed by atoms with Crippen LogP contribution in [0.4, 0.5) is 5.69 Å². The lowest BCUT2D eigenvalue weighted by Gasteiger charge is -2.09. The molecule has 0 fully saturated rings. The summed E-state index contributed by atoms with van der Waals surface area (Å²) in [4.78, 5) is 28.2. The zero-order valence-electron chi connectivity index (χ0n) is 14.2. The summed E-state index contributed by atoms with van der Waals surface area (Å²) in [6, 6.07) is 20.4. The van der Waals surface area contributed by atoms with Gasteiger partial charge in [0.2, 0.25) is 5.91 Å². The smallest absolute Gasteiger partial charge is 0.257 e. The largest absolute Gasteiger partial charge is 0.352 e. The maximum Gasteiger partial charge on any atom is 0.257 e. The van der Waals surface area contributed by atoms with E-state index in [0.717, 1.165) is 11.1 Å². The number of pyridine rings is 1. The minimum Gasteiger partial charge on any atom is -0.352 e. The molecule has 0 saturated heterocycles. The second-order valence-corrected chi connectivity index (χ2v) is 5.84. The SMILES string of the molecule is O=C(Cc1ccccc1)NCc1cccc(NC(=O)c2cccnc2)c1. The Balaban J connectivity index is 1.55. The Morgan fingerprint density at radius 1 is 0.885 bits per heavy atom. The number of amides is 2. The lowest BCUT2D eigenvalue weighted by atomic mass is 10.1. The van der Waals surface area contributed by atoms with Crippen molar-refractivity contribution < 1.29 is 9.59 Å². The average Bonchev–Trinajstić information content (AvgIpc) is 2.68. The first kappa shape index (κ1) is 17.4. The summed E-state index contributed by atoms with van der Waals surface area (Å²) >= 11 is 0. The highest BCUT2D eigenvalue weighted by Crippen LogP contribution is 2.12. The summed E-state index contributed by atoms with van der Waals surface area (Å²) in [5, 5.41) is 5.73. The normalized spacial score (nSPS) is 10.2. The highest BCUT2D eigenvalue weighted by molar-refractivity contribution is 6.04. The minimum atomic E-state index is -0.219. The third-order valence-corrected chi connectivity index (χ3v) is 3.81. The van der Waals surface area contributed by atoms with Crippen LogP contribution in [0.5, 0.6) is 0 Å². The van der Waals surface area contributed by atoms with Crippen LogP contribution in [0.1, 0.15) is 21.5 Å². The molecule has 1 heterocycles. The Kier molecular flexibility index (Phi) is 5.72. The molecular formula is C21H19N3O2. The van der Waals surface area contributed by atoms with E-state index in [1.807, 2.05) is 54.6 Å². The third kappa shape index (κ3) is 5.01. The Morgan fingerprint density at radius 2 is 1.69 bits per heavy atom. The second-order valence-electron chi connectivity index (χ2n) is 5.84. The summed E-state index contributed by atoms with van der Waals surface area (Å²) in [7, 11) is 0. The lowest BCUT2D eigenvalue weighted by molar-refractivity contribution is -0.120. The van der Waals surface area contributed by atoms with Crippen molar-refractivity contribution in [1.82, 2.24) is 10.3 Å². The van der Waals surface area contributed by atoms with Gasteiger partial charge >= 0.3 is 0 Å². The van der Waals surface area contributed by atoms with Gasteiger partial charge in [0.15, 0.2) is 0 Å². The fourth-order valence-corrected chi connectivity index (χ4v) is 2.50. The van der Waals surface area contributed by atoms with Crippen LogP contribution in [0.3, 0.4) is 0 Å². The third-order valence-electron chi connectivity index (χ3n) is 3.81. The zero-order valence-corrected chi connectivity index (χ0v) is 14.2. The first-order valence-corrected chi connectivity index (χ1v) is 8.31. The van der Waals surface area contributed by atoms with E-state index >= 15 is 0 Å². The number of hydrogen-bond donors (Lipinski definition) is 2. The molecule has 0 saturated carbocycles. The fraction of sp³-hybridized carbons (Fsp3) is 0.0952. The minimum absolute atomic E-state index is 0.0407. The van der Waals surface area contributed by atoms with Crippen molar-refractivity contribution in [2.75, 3.05) is 5.32 Å². The molecule has 26 heavy (non-hydrogen) atoms. The average molecular weight is 345 g/mol. The molecule has 5 heteroatoms. The van der Waals surface area contributed by atoms with Crippen molar-refractivity contribution in [3.05, 3.63) is 95.8 Å². The van der Waals surface area contributed by atoms with Gasteiger partial charge in [0.25, 0.3) is 5.91 Å². The molecule has 0 radical (unpaired) electrons. The van der Waals surface area contributed by atoms with Crippen molar-refractivity contribution in [2.24, 2.45) is 0 Å². The van der Waals surface area contributed by atoms with Crippen molar-refractivity contribution in [3.63, 3.8) is 0 Å². The molecule has 0 aliphatic carbocycles. The molecule has 0 atom stereocenters. The van der Waals surface area contributed by atoms with Gasteiger partial charge in [-0.25, -0.2) is 0 Å². The second kappa shape index (κ2) is 8.58. The number of hydrogen-bond acceptors (Lipinski definition) is 3. The van der Waals surface area contributed by atoms with E-state index in [9.17, 15) is 9.59 Å². The molecule has 0 aliphatic rings. The number of carbonyl (C=O) groups excluding carboxylic acids is 2. The van der Waals surface area contributed by atoms with E-state index in [4.69, 9.17) is 0 Å². The number of rotatable bonds is 6. The molecule has 0 spiro atoms. The molecule has 3 aromatic rings. The maximum atomic E-state index is 12.2. The molecule has 2 N–H and O–H groups in total. The van der Waals surface area contributed by atoms with Crippen molar-refractivity contribution >= 4 is 17.5 Å². The van der Waals surface area contributed by atoms with E-state index in [1.165, 1.54) is 6.20 Å². The van der Waals surface area contributed by atoms with Gasteiger partial charge in [0.05, 0.1) is 12.0 Å². The first-order chi connectivity index (χ1) is 12.7. The Morgan fingerprint density at radius 3 is 2.46 bits per heavy atom. The van der Waals surface area contributed by atoms with Gasteiger partial charge in [0, 0.05) is 24.6 Å². The molecule has 2 amide bonds. The standard InChI is InChI=1S/C21H19N3O2/c25-20(13-16-6-2-1-3-7-16)23-14-17-8-4-10-19(12-17)24-21(26)18-9-5-11-22-15-18/h1-12,15H,13-14H2,(H,23,25)(H,24,26). The number of nitrogens with one attached hydrogen (secondary N) is 2. The van der Waals surface area contributed by atoms with Crippen LogP contribution in [-0.4, -0.2) is 16.8 Å². The summed E-state index contributed by atoms with van der Waals surface area (Å²) in [6.07, 6.45) is 3.48. The van der Waals surface area contributed by atoms with Crippen LogP contribution in [0, 0.1) is 0 Å².